The van der Waals surface area contributed by atoms with Crippen molar-refractivity contribution < 1.29 is 0 Å². The van der Waals surface area contributed by atoms with Crippen molar-refractivity contribution in [3.63, 3.8) is 0 Å². The Bertz CT molecular complexity index is 682. The van der Waals surface area contributed by atoms with E-state index in [0.717, 1.165) is 20.9 Å². The van der Waals surface area contributed by atoms with Gasteiger partial charge in [0.1, 0.15) is 10.5 Å². The van der Waals surface area contributed by atoms with Crippen LogP contribution in [0.5, 0.6) is 0 Å². The molecular weight excluding hydrogens is 262 g/mol. The van der Waals surface area contributed by atoms with Crippen LogP contribution in [0.15, 0.2) is 18.2 Å². The van der Waals surface area contributed by atoms with E-state index >= 15 is 0 Å². The van der Waals surface area contributed by atoms with E-state index in [1.165, 1.54) is 15.3 Å². The van der Waals surface area contributed by atoms with Gasteiger partial charge < -0.3 is 11.5 Å². The summed E-state index contributed by atoms with van der Waals surface area (Å²) in [7, 11) is 0. The molecule has 0 aliphatic heterocycles. The van der Waals surface area contributed by atoms with Crippen molar-refractivity contribution in [3.05, 3.63) is 28.6 Å². The van der Waals surface area contributed by atoms with Crippen molar-refractivity contribution in [1.82, 2.24) is 4.98 Å². The lowest BCUT2D eigenvalue weighted by Crippen LogP contribution is -1.89. The second kappa shape index (κ2) is 3.96. The van der Waals surface area contributed by atoms with Gasteiger partial charge in [0.25, 0.3) is 0 Å². The number of thiophene rings is 1. The van der Waals surface area contributed by atoms with Crippen molar-refractivity contribution in [2.75, 3.05) is 11.5 Å². The molecule has 3 aromatic rings. The lowest BCUT2D eigenvalue weighted by Gasteiger charge is -1.96. The number of rotatable bonds is 1. The third kappa shape index (κ3) is 1.67. The van der Waals surface area contributed by atoms with Crippen molar-refractivity contribution in [2.45, 2.75) is 13.8 Å². The first-order valence-electron chi connectivity index (χ1n) is 5.58. The molecule has 0 amide bonds. The third-order valence-corrected chi connectivity index (χ3v) is 5.41. The number of hydrogen-bond donors (Lipinski definition) is 2. The Morgan fingerprint density at radius 2 is 1.78 bits per heavy atom. The molecule has 0 saturated carbocycles. The molecule has 3 nitrogen and oxygen atoms in total. The Balaban J connectivity index is 2.25. The van der Waals surface area contributed by atoms with E-state index in [1.807, 2.05) is 12.1 Å². The second-order valence-corrected chi connectivity index (χ2v) is 6.55. The first kappa shape index (κ1) is 11.5. The molecule has 0 unspecified atom stereocenters. The molecule has 0 aliphatic carbocycles. The molecule has 0 radical (unpaired) electrons. The van der Waals surface area contributed by atoms with Gasteiger partial charge in [0.2, 0.25) is 0 Å². The SMILES string of the molecule is Cc1cc(-c2nc3c(N)ccc(N)c3s2)sc1C. The molecule has 18 heavy (non-hydrogen) atoms. The van der Waals surface area contributed by atoms with Crippen LogP contribution < -0.4 is 11.5 Å². The van der Waals surface area contributed by atoms with Crippen molar-refractivity contribution in [1.29, 1.82) is 0 Å². The summed E-state index contributed by atoms with van der Waals surface area (Å²) in [4.78, 5) is 7.13. The van der Waals surface area contributed by atoms with Crippen LogP contribution in [0.25, 0.3) is 20.1 Å². The van der Waals surface area contributed by atoms with Gasteiger partial charge in [-0.05, 0) is 37.6 Å². The molecule has 4 N–H and O–H groups in total. The lowest BCUT2D eigenvalue weighted by molar-refractivity contribution is 1.44. The predicted molar refractivity (Wildman–Crippen MR) is 81.2 cm³/mol. The molecule has 5 heteroatoms. The van der Waals surface area contributed by atoms with Crippen LogP contribution in [-0.4, -0.2) is 4.98 Å². The van der Waals surface area contributed by atoms with Crippen molar-refractivity contribution in [2.24, 2.45) is 0 Å². The fourth-order valence-electron chi connectivity index (χ4n) is 1.83. The van der Waals surface area contributed by atoms with E-state index in [0.29, 0.717) is 5.69 Å². The van der Waals surface area contributed by atoms with Gasteiger partial charge >= 0.3 is 0 Å². The molecular formula is C13H13N3S2. The zero-order valence-electron chi connectivity index (χ0n) is 10.2. The van der Waals surface area contributed by atoms with E-state index in [-0.39, 0.29) is 0 Å². The number of benzene rings is 1. The first-order chi connectivity index (χ1) is 8.56. The average molecular weight is 275 g/mol. The summed E-state index contributed by atoms with van der Waals surface area (Å²) in [6.07, 6.45) is 0. The first-order valence-corrected chi connectivity index (χ1v) is 7.21. The van der Waals surface area contributed by atoms with Gasteiger partial charge in [-0.3, -0.25) is 0 Å². The highest BCUT2D eigenvalue weighted by Crippen LogP contribution is 2.39. The van der Waals surface area contributed by atoms with E-state index < -0.39 is 0 Å². The summed E-state index contributed by atoms with van der Waals surface area (Å²) in [5.74, 6) is 0. The van der Waals surface area contributed by atoms with Gasteiger partial charge in [0.15, 0.2) is 0 Å². The summed E-state index contributed by atoms with van der Waals surface area (Å²) >= 11 is 3.37. The largest absolute Gasteiger partial charge is 0.398 e. The third-order valence-electron chi connectivity index (χ3n) is 2.98. The minimum atomic E-state index is 0.687. The smallest absolute Gasteiger partial charge is 0.134 e. The quantitative estimate of drug-likeness (QED) is 0.664. The van der Waals surface area contributed by atoms with E-state index in [1.54, 1.807) is 22.7 Å². The van der Waals surface area contributed by atoms with E-state index in [4.69, 9.17) is 11.5 Å². The molecule has 0 bridgehead atoms. The van der Waals surface area contributed by atoms with E-state index in [9.17, 15) is 0 Å². The number of aryl methyl sites for hydroxylation is 2. The molecule has 0 fully saturated rings. The Labute approximate surface area is 113 Å². The van der Waals surface area contributed by atoms with Crippen LogP contribution >= 0.6 is 22.7 Å². The number of hydrogen-bond acceptors (Lipinski definition) is 5. The van der Waals surface area contributed by atoms with Crippen molar-refractivity contribution in [3.8, 4) is 9.88 Å². The maximum atomic E-state index is 5.97. The van der Waals surface area contributed by atoms with Crippen LogP contribution in [0.2, 0.25) is 0 Å². The summed E-state index contributed by atoms with van der Waals surface area (Å²) in [6, 6.07) is 5.82. The monoisotopic (exact) mass is 275 g/mol. The summed E-state index contributed by atoms with van der Waals surface area (Å²) in [5, 5.41) is 0.996. The molecule has 0 atom stereocenters. The standard InChI is InChI=1S/C13H13N3S2/c1-6-5-10(17-7(6)2)13-16-11-8(14)3-4-9(15)12(11)18-13/h3-5H,14-15H2,1-2H3. The second-order valence-electron chi connectivity index (χ2n) is 4.29. The molecule has 0 spiro atoms. The summed E-state index contributed by atoms with van der Waals surface area (Å²) < 4.78 is 0.980. The van der Waals surface area contributed by atoms with Gasteiger partial charge in [0, 0.05) is 4.88 Å². The van der Waals surface area contributed by atoms with Crippen LogP contribution in [0, 0.1) is 13.8 Å². The molecule has 1 aromatic carbocycles. The highest BCUT2D eigenvalue weighted by molar-refractivity contribution is 7.26. The molecule has 0 saturated heterocycles. The van der Waals surface area contributed by atoms with Gasteiger partial charge in [-0.1, -0.05) is 0 Å². The van der Waals surface area contributed by atoms with Gasteiger partial charge in [0.05, 0.1) is 21.0 Å². The number of fused-ring (bicyclic) bond motifs is 1. The molecule has 92 valence electrons. The Morgan fingerprint density at radius 1 is 1.06 bits per heavy atom. The minimum absolute atomic E-state index is 0.687. The summed E-state index contributed by atoms with van der Waals surface area (Å²) in [6.45, 7) is 4.24. The number of nitrogens with two attached hydrogens (primary N) is 2. The topological polar surface area (TPSA) is 64.9 Å². The molecule has 2 aromatic heterocycles. The van der Waals surface area contributed by atoms with Gasteiger partial charge in [-0.25, -0.2) is 4.98 Å². The fraction of sp³-hybridized carbons (Fsp3) is 0.154. The normalized spacial score (nSPS) is 11.2. The van der Waals surface area contributed by atoms with Gasteiger partial charge in [-0.15, -0.1) is 22.7 Å². The Hall–Kier alpha value is -1.59. The van der Waals surface area contributed by atoms with Gasteiger partial charge in [-0.2, -0.15) is 0 Å². The Morgan fingerprint density at radius 3 is 2.39 bits per heavy atom. The number of aromatic nitrogens is 1. The van der Waals surface area contributed by atoms with Crippen LogP contribution in [0.1, 0.15) is 10.4 Å². The molecule has 0 aliphatic rings. The lowest BCUT2D eigenvalue weighted by atomic mass is 10.2. The van der Waals surface area contributed by atoms with Crippen molar-refractivity contribution >= 4 is 44.3 Å². The van der Waals surface area contributed by atoms with E-state index in [2.05, 4.69) is 24.9 Å². The average Bonchev–Trinajstić information content (AvgIpc) is 2.90. The number of anilines is 2. The van der Waals surface area contributed by atoms with Crippen LogP contribution in [0.4, 0.5) is 11.4 Å². The highest BCUT2D eigenvalue weighted by atomic mass is 32.1. The maximum absolute atomic E-state index is 5.97. The van der Waals surface area contributed by atoms with Crippen LogP contribution in [0.3, 0.4) is 0 Å². The zero-order chi connectivity index (χ0) is 12.9. The number of thiazole rings is 1. The number of nitrogens with zero attached hydrogens (tertiary/aromatic N) is 1. The molecule has 2 heterocycles. The highest BCUT2D eigenvalue weighted by Gasteiger charge is 2.13. The zero-order valence-corrected chi connectivity index (χ0v) is 11.8. The fourth-order valence-corrected chi connectivity index (χ4v) is 3.93. The summed E-state index contributed by atoms with van der Waals surface area (Å²) in [5.41, 5.74) is 15.5. The predicted octanol–water partition coefficient (Wildman–Crippen LogP) is 3.81. The molecule has 3 rings (SSSR count). The number of nitrogen functional groups attached to an aromatic ring is 2. The van der Waals surface area contributed by atoms with Crippen LogP contribution in [-0.2, 0) is 0 Å². The minimum Gasteiger partial charge on any atom is -0.398 e. The maximum Gasteiger partial charge on any atom is 0.134 e. The Kier molecular flexibility index (Phi) is 2.53.